The van der Waals surface area contributed by atoms with Crippen molar-refractivity contribution in [1.29, 1.82) is 5.26 Å². The third-order valence-electron chi connectivity index (χ3n) is 8.41. The van der Waals surface area contributed by atoms with Crippen LogP contribution in [0.15, 0.2) is 82.2 Å². The van der Waals surface area contributed by atoms with Crippen LogP contribution in [0.4, 0.5) is 18.9 Å². The summed E-state index contributed by atoms with van der Waals surface area (Å²) in [6.45, 7) is 9.92. The highest BCUT2D eigenvalue weighted by molar-refractivity contribution is 7.98. The highest BCUT2D eigenvalue weighted by atomic mass is 35.5. The van der Waals surface area contributed by atoms with Crippen LogP contribution in [-0.2, 0) is 16.7 Å². The van der Waals surface area contributed by atoms with Crippen LogP contribution in [0, 0.1) is 37.5 Å². The molecule has 0 spiro atoms. The van der Waals surface area contributed by atoms with Gasteiger partial charge in [0.2, 0.25) is 0 Å². The lowest BCUT2D eigenvalue weighted by Crippen LogP contribution is -2.42. The van der Waals surface area contributed by atoms with Crippen molar-refractivity contribution in [2.45, 2.75) is 70.2 Å². The summed E-state index contributed by atoms with van der Waals surface area (Å²) in [4.78, 5) is 16.6. The van der Waals surface area contributed by atoms with Crippen molar-refractivity contribution in [3.8, 4) is 6.07 Å². The average Bonchev–Trinajstić information content (AvgIpc) is 2.92. The molecule has 4 nitrogen and oxygen atoms in total. The van der Waals surface area contributed by atoms with Gasteiger partial charge in [-0.15, -0.1) is 11.8 Å². The number of hydrogen-bond donors (Lipinski definition) is 1. The number of alkyl halides is 3. The molecule has 228 valence electrons. The first-order chi connectivity index (χ1) is 20.6. The van der Waals surface area contributed by atoms with Gasteiger partial charge in [0.1, 0.15) is 5.82 Å². The average molecular weight is 636 g/mol. The predicted molar refractivity (Wildman–Crippen MR) is 170 cm³/mol. The number of ketones is 1. The van der Waals surface area contributed by atoms with Crippen molar-refractivity contribution >= 4 is 34.8 Å². The number of hydrogen-bond acceptors (Lipinski definition) is 5. The molecule has 0 saturated heterocycles. The molecule has 2 N–H and O–H groups in total. The Morgan fingerprint density at radius 2 is 1.75 bits per heavy atom. The number of nitriles is 1. The monoisotopic (exact) mass is 635 g/mol. The van der Waals surface area contributed by atoms with E-state index in [0.29, 0.717) is 23.4 Å². The number of benzene rings is 3. The highest BCUT2D eigenvalue weighted by Gasteiger charge is 2.46. The van der Waals surface area contributed by atoms with Crippen LogP contribution in [-0.4, -0.2) is 5.78 Å². The zero-order valence-corrected chi connectivity index (χ0v) is 26.8. The molecule has 0 fully saturated rings. The van der Waals surface area contributed by atoms with Crippen LogP contribution in [0.3, 0.4) is 0 Å². The van der Waals surface area contributed by atoms with Crippen LogP contribution in [0.5, 0.6) is 0 Å². The maximum Gasteiger partial charge on any atom is 0.416 e. The van der Waals surface area contributed by atoms with Gasteiger partial charge in [-0.1, -0.05) is 55.8 Å². The van der Waals surface area contributed by atoms with E-state index in [-0.39, 0.29) is 34.3 Å². The summed E-state index contributed by atoms with van der Waals surface area (Å²) in [6, 6.07) is 17.5. The van der Waals surface area contributed by atoms with E-state index < -0.39 is 23.1 Å². The van der Waals surface area contributed by atoms with Crippen LogP contribution in [0.1, 0.15) is 66.0 Å². The van der Waals surface area contributed by atoms with E-state index in [1.807, 2.05) is 39.8 Å². The van der Waals surface area contributed by atoms with Gasteiger partial charge in [0.15, 0.2) is 5.78 Å². The Bertz CT molecular complexity index is 1780. The Hall–Kier alpha value is -3.67. The number of nitrogens with two attached hydrogens (primary N) is 1. The first kappa shape index (κ1) is 31.7. The zero-order valence-electron chi connectivity index (χ0n) is 25.2. The van der Waals surface area contributed by atoms with E-state index in [1.54, 1.807) is 11.8 Å². The molecule has 2 aliphatic rings. The highest BCUT2D eigenvalue weighted by Crippen LogP contribution is 2.52. The second-order valence-corrected chi connectivity index (χ2v) is 13.8. The molecule has 1 unspecified atom stereocenters. The Labute approximate surface area is 265 Å². The lowest BCUT2D eigenvalue weighted by molar-refractivity contribution is -0.137. The quantitative estimate of drug-likeness (QED) is 0.283. The first-order valence-corrected chi connectivity index (χ1v) is 15.6. The summed E-state index contributed by atoms with van der Waals surface area (Å²) >= 11 is 8.22. The Morgan fingerprint density at radius 3 is 2.41 bits per heavy atom. The minimum atomic E-state index is -4.63. The number of anilines is 1. The lowest BCUT2D eigenvalue weighted by Gasteiger charge is -2.44. The molecule has 1 atom stereocenters. The fourth-order valence-corrected chi connectivity index (χ4v) is 7.51. The van der Waals surface area contributed by atoms with Gasteiger partial charge in [-0.25, -0.2) is 0 Å². The second-order valence-electron chi connectivity index (χ2n) is 12.3. The number of carbonyl (C=O) groups is 1. The van der Waals surface area contributed by atoms with Crippen molar-refractivity contribution < 1.29 is 18.0 Å². The van der Waals surface area contributed by atoms with Crippen molar-refractivity contribution in [3.63, 3.8) is 0 Å². The van der Waals surface area contributed by atoms with Crippen molar-refractivity contribution in [2.24, 2.45) is 11.1 Å². The summed E-state index contributed by atoms with van der Waals surface area (Å²) in [5.74, 6) is -0.275. The number of halogens is 4. The number of carbonyl (C=O) groups excluding carboxylic acids is 1. The largest absolute Gasteiger partial charge is 0.416 e. The van der Waals surface area contributed by atoms with Gasteiger partial charge in [0.25, 0.3) is 0 Å². The molecule has 0 aromatic heterocycles. The van der Waals surface area contributed by atoms with Crippen molar-refractivity contribution in [2.75, 3.05) is 4.90 Å². The SMILES string of the molecule is Cc1cc(C)c(C2C(C#N)=C(N)N(c3cc(C(F)(F)F)ccc3Cl)C3=C2C(=O)CC(C)(C)C3)cc1CSc1ccccc1C. The van der Waals surface area contributed by atoms with Gasteiger partial charge >= 0.3 is 6.18 Å². The number of thioether (sulfide) groups is 1. The minimum absolute atomic E-state index is 0.0147. The topological polar surface area (TPSA) is 70.1 Å². The predicted octanol–water partition coefficient (Wildman–Crippen LogP) is 9.52. The Balaban J connectivity index is 1.71. The second kappa shape index (κ2) is 11.7. The summed E-state index contributed by atoms with van der Waals surface area (Å²) in [6.07, 6.45) is -4.04. The third-order valence-corrected chi connectivity index (χ3v) is 9.95. The van der Waals surface area contributed by atoms with Crippen molar-refractivity contribution in [3.05, 3.63) is 116 Å². The maximum absolute atomic E-state index is 14.0. The summed E-state index contributed by atoms with van der Waals surface area (Å²) in [7, 11) is 0. The molecule has 44 heavy (non-hydrogen) atoms. The minimum Gasteiger partial charge on any atom is -0.384 e. The molecular weight excluding hydrogens is 603 g/mol. The van der Waals surface area contributed by atoms with Crippen LogP contribution in [0.2, 0.25) is 5.02 Å². The summed E-state index contributed by atoms with van der Waals surface area (Å²) in [5.41, 5.74) is 11.3. The van der Waals surface area contributed by atoms with Gasteiger partial charge < -0.3 is 5.73 Å². The summed E-state index contributed by atoms with van der Waals surface area (Å²) in [5, 5.41) is 10.6. The van der Waals surface area contributed by atoms with E-state index in [9.17, 15) is 23.2 Å². The van der Waals surface area contributed by atoms with Crippen LogP contribution >= 0.6 is 23.4 Å². The lowest BCUT2D eigenvalue weighted by atomic mass is 9.68. The number of rotatable bonds is 5. The Kier molecular flexibility index (Phi) is 8.43. The molecule has 0 radical (unpaired) electrons. The maximum atomic E-state index is 14.0. The molecule has 0 amide bonds. The van der Waals surface area contributed by atoms with Gasteiger partial charge in [0, 0.05) is 28.3 Å². The Morgan fingerprint density at radius 1 is 1.05 bits per heavy atom. The molecule has 9 heteroatoms. The zero-order chi connectivity index (χ0) is 32.1. The van der Waals surface area contributed by atoms with E-state index in [2.05, 4.69) is 37.3 Å². The number of nitrogens with zero attached hydrogens (tertiary/aromatic N) is 2. The molecule has 1 aliphatic heterocycles. The summed E-state index contributed by atoms with van der Waals surface area (Å²) < 4.78 is 41.4. The molecule has 1 aliphatic carbocycles. The van der Waals surface area contributed by atoms with Crippen molar-refractivity contribution in [1.82, 2.24) is 0 Å². The molecule has 3 aromatic rings. The number of Topliss-reactive ketones (excluding diaryl/α,β-unsaturated/α-hetero) is 1. The molecular formula is C35H33ClF3N3OS. The molecule has 0 bridgehead atoms. The van der Waals surface area contributed by atoms with Gasteiger partial charge in [-0.05, 0) is 84.7 Å². The van der Waals surface area contributed by atoms with E-state index >= 15 is 0 Å². The standard InChI is InChI=1S/C35H33ClF3N3OS/c1-19-8-6-7-9-30(19)44-18-22-13-24(21(3)12-20(22)2)31-25(17-40)33(41)42(28-15-34(4,5)16-29(43)32(28)31)27-14-23(35(37,38)39)10-11-26(27)36/h6-14,31H,15-16,18,41H2,1-5H3. The fourth-order valence-electron chi connectivity index (χ4n) is 6.21. The molecule has 3 aromatic carbocycles. The smallest absolute Gasteiger partial charge is 0.384 e. The van der Waals surface area contributed by atoms with E-state index in [1.165, 1.54) is 16.5 Å². The molecule has 1 heterocycles. The van der Waals surface area contributed by atoms with E-state index in [4.69, 9.17) is 17.3 Å². The van der Waals surface area contributed by atoms with E-state index in [0.717, 1.165) is 39.3 Å². The first-order valence-electron chi connectivity index (χ1n) is 14.2. The fraction of sp³-hybridized carbons (Fsp3) is 0.314. The van der Waals surface area contributed by atoms with Gasteiger partial charge in [-0.3, -0.25) is 9.69 Å². The molecule has 5 rings (SSSR count). The third kappa shape index (κ3) is 5.88. The van der Waals surface area contributed by atoms with Crippen LogP contribution in [0.25, 0.3) is 0 Å². The van der Waals surface area contributed by atoms with Gasteiger partial charge in [0.05, 0.1) is 33.8 Å². The molecule has 0 saturated carbocycles. The van der Waals surface area contributed by atoms with Gasteiger partial charge in [-0.2, -0.15) is 18.4 Å². The number of allylic oxidation sites excluding steroid dienone is 3. The normalized spacial score (nSPS) is 18.4. The van der Waals surface area contributed by atoms with Crippen LogP contribution < -0.4 is 10.6 Å². The number of aryl methyl sites for hydroxylation is 3.